The number of nitrogen functional groups attached to an aromatic ring is 1. The van der Waals surface area contributed by atoms with E-state index in [0.29, 0.717) is 42.1 Å². The Kier molecular flexibility index (Phi) is 12.7. The van der Waals surface area contributed by atoms with Crippen LogP contribution in [0, 0.1) is 5.82 Å². The van der Waals surface area contributed by atoms with E-state index in [1.165, 1.54) is 26.1 Å². The molecule has 2 saturated heterocycles. The molecule has 5 rings (SSSR count). The number of carboxylic acids is 1. The van der Waals surface area contributed by atoms with Gasteiger partial charge in [0, 0.05) is 45.5 Å². The third-order valence-electron chi connectivity index (χ3n) is 8.97. The smallest absolute Gasteiger partial charge is 0.409 e. The maximum absolute atomic E-state index is 13.5. The van der Waals surface area contributed by atoms with Crippen molar-refractivity contribution in [2.24, 2.45) is 0 Å². The van der Waals surface area contributed by atoms with Crippen molar-refractivity contribution in [1.29, 1.82) is 0 Å². The maximum Gasteiger partial charge on any atom is 0.409 e. The van der Waals surface area contributed by atoms with Crippen molar-refractivity contribution < 1.29 is 48.0 Å². The summed E-state index contributed by atoms with van der Waals surface area (Å²) in [5.74, 6) is -2.18. The van der Waals surface area contributed by atoms with Gasteiger partial charge in [-0.1, -0.05) is 35.4 Å². The second-order valence-electron chi connectivity index (χ2n) is 13.0. The lowest BCUT2D eigenvalue weighted by molar-refractivity contribution is -0.141. The van der Waals surface area contributed by atoms with E-state index in [-0.39, 0.29) is 42.2 Å². The minimum Gasteiger partial charge on any atom is -0.495 e. The highest BCUT2D eigenvalue weighted by atomic mass is 35.5. The molecular weight excluding hydrogens is 687 g/mol. The van der Waals surface area contributed by atoms with Crippen LogP contribution in [0.2, 0.25) is 5.02 Å². The van der Waals surface area contributed by atoms with Gasteiger partial charge in [0.1, 0.15) is 34.5 Å². The Morgan fingerprint density at radius 3 is 2.63 bits per heavy atom. The zero-order valence-corrected chi connectivity index (χ0v) is 29.9. The van der Waals surface area contributed by atoms with Gasteiger partial charge < -0.3 is 40.0 Å². The van der Waals surface area contributed by atoms with Crippen LogP contribution < -0.4 is 20.7 Å². The van der Waals surface area contributed by atoms with Gasteiger partial charge in [-0.25, -0.2) is 14.0 Å². The molecule has 3 amide bonds. The van der Waals surface area contributed by atoms with Crippen LogP contribution in [0.5, 0.6) is 5.75 Å². The summed E-state index contributed by atoms with van der Waals surface area (Å²) in [6, 6.07) is 6.39. The van der Waals surface area contributed by atoms with Gasteiger partial charge in [0.15, 0.2) is 0 Å². The number of methoxy groups -OCH3 is 1. The number of aliphatic hydroxyl groups is 1. The molecule has 0 aliphatic carbocycles. The second-order valence-corrected chi connectivity index (χ2v) is 13.3. The number of rotatable bonds is 4. The van der Waals surface area contributed by atoms with E-state index < -0.39 is 41.7 Å². The lowest BCUT2D eigenvalue weighted by Crippen LogP contribution is -2.56. The van der Waals surface area contributed by atoms with Gasteiger partial charge in [-0.2, -0.15) is 0 Å². The fourth-order valence-electron chi connectivity index (χ4n) is 5.82. The first kappa shape index (κ1) is 39.1. The van der Waals surface area contributed by atoms with Gasteiger partial charge in [-0.05, 0) is 62.6 Å². The maximum atomic E-state index is 13.5. The average Bonchev–Trinajstić information content (AvgIpc) is 3.81. The van der Waals surface area contributed by atoms with Crippen LogP contribution in [-0.2, 0) is 25.5 Å². The van der Waals surface area contributed by atoms with Crippen molar-refractivity contribution in [3.8, 4) is 5.75 Å². The van der Waals surface area contributed by atoms with Gasteiger partial charge in [0.25, 0.3) is 5.91 Å². The van der Waals surface area contributed by atoms with Crippen molar-refractivity contribution in [2.45, 2.75) is 82.5 Å². The number of nitrogens with one attached hydrogen (secondary N) is 1. The third-order valence-corrected chi connectivity index (χ3v) is 9.35. The number of aliphatic carboxylic acids is 1. The van der Waals surface area contributed by atoms with Crippen molar-refractivity contribution in [1.82, 2.24) is 10.2 Å². The van der Waals surface area contributed by atoms with Crippen molar-refractivity contribution in [3.05, 3.63) is 76.1 Å². The van der Waals surface area contributed by atoms with Gasteiger partial charge in [0.05, 0.1) is 30.6 Å². The monoisotopic (exact) mass is 730 g/mol. The number of ether oxygens (including phenoxy) is 3. The van der Waals surface area contributed by atoms with E-state index >= 15 is 0 Å². The first-order valence-corrected chi connectivity index (χ1v) is 16.8. The highest BCUT2D eigenvalue weighted by Crippen LogP contribution is 2.38. The number of hydrogen-bond acceptors (Lipinski definition) is 9. The molecule has 3 unspecified atom stereocenters. The molecule has 51 heavy (non-hydrogen) atoms. The Morgan fingerprint density at radius 1 is 1.24 bits per heavy atom. The zero-order chi connectivity index (χ0) is 37.6. The predicted molar refractivity (Wildman–Crippen MR) is 188 cm³/mol. The molecule has 0 saturated carbocycles. The number of hydrogen-bond donors (Lipinski definition) is 4. The van der Waals surface area contributed by atoms with Crippen LogP contribution in [-0.4, -0.2) is 90.3 Å². The number of halogens is 2. The van der Waals surface area contributed by atoms with E-state index in [9.17, 15) is 28.7 Å². The molecule has 0 spiro atoms. The number of allylic oxidation sites excluding steroid dienone is 3. The summed E-state index contributed by atoms with van der Waals surface area (Å²) in [4.78, 5) is 50.0. The highest BCUT2D eigenvalue weighted by molar-refractivity contribution is 6.35. The number of epoxide rings is 1. The molecule has 15 heteroatoms. The molecule has 0 aromatic heterocycles. The molecule has 4 bridgehead atoms. The molecule has 3 aliphatic heterocycles. The minimum absolute atomic E-state index is 0.0777. The quantitative estimate of drug-likeness (QED) is 0.251. The lowest BCUT2D eigenvalue weighted by Gasteiger charge is -2.36. The number of carbonyl (C=O) groups excluding carboxylic acids is 3. The number of nitrogens with zero attached hydrogens (tertiary/aromatic N) is 2. The Hall–Kier alpha value is -4.66. The van der Waals surface area contributed by atoms with Gasteiger partial charge >= 0.3 is 12.1 Å². The lowest BCUT2D eigenvalue weighted by atomic mass is 9.96. The standard InChI is InChI=1S/C25H31ClN2O6.C11H13FN2O3/c1-15-6-4-5-9-25(31)14-17(33-24(30)27-25)13-20-19(34-20)7-8-22(29)28(2)18-11-16(10-15)12-21(32-3)23(18)26;1-6(11(16)17)14(2)10(15)8-4-3-7(13)5-9(8)12/h4-6,11-12,17,19-20,31H,7-10,13-14H2,1-3H3,(H,27,30);3-6H,13H2,1-2H3,(H,16,17)/b5-4+,15-6+;/t17?,19?,20?,25-;6-/m10/s1. The minimum atomic E-state index is -1.37. The molecule has 2 aromatic rings. The van der Waals surface area contributed by atoms with E-state index in [1.807, 2.05) is 37.3 Å². The van der Waals surface area contributed by atoms with Crippen molar-refractivity contribution >= 4 is 46.9 Å². The van der Waals surface area contributed by atoms with E-state index in [4.69, 9.17) is 36.7 Å². The number of benzene rings is 2. The summed E-state index contributed by atoms with van der Waals surface area (Å²) < 4.78 is 30.0. The number of carboxylic acid groups (broad SMARTS) is 1. The van der Waals surface area contributed by atoms with Gasteiger partial charge in [-0.15, -0.1) is 0 Å². The van der Waals surface area contributed by atoms with Crippen LogP contribution in [0.3, 0.4) is 0 Å². The second kappa shape index (κ2) is 16.6. The van der Waals surface area contributed by atoms with Crippen LogP contribution >= 0.6 is 11.6 Å². The Bertz CT molecular complexity index is 1720. The van der Waals surface area contributed by atoms with Crippen molar-refractivity contribution in [2.75, 3.05) is 31.8 Å². The van der Waals surface area contributed by atoms with Gasteiger partial charge in [0.2, 0.25) is 5.91 Å². The Morgan fingerprint density at radius 2 is 1.96 bits per heavy atom. The number of alkyl carbamates (subject to hydrolysis) is 1. The van der Waals surface area contributed by atoms with Crippen molar-refractivity contribution in [3.63, 3.8) is 0 Å². The van der Waals surface area contributed by atoms with Crippen LogP contribution in [0.25, 0.3) is 0 Å². The van der Waals surface area contributed by atoms with Gasteiger partial charge in [-0.3, -0.25) is 14.9 Å². The van der Waals surface area contributed by atoms with E-state index in [0.717, 1.165) is 22.1 Å². The summed E-state index contributed by atoms with van der Waals surface area (Å²) in [6.45, 7) is 3.34. The fraction of sp³-hybridized carbons (Fsp3) is 0.444. The van der Waals surface area contributed by atoms with Crippen LogP contribution in [0.1, 0.15) is 61.9 Å². The summed E-state index contributed by atoms with van der Waals surface area (Å²) in [5, 5.41) is 22.6. The molecular formula is C36H44ClFN4O9. The topological polar surface area (TPSA) is 184 Å². The normalized spacial score (nSPS) is 25.7. The van der Waals surface area contributed by atoms with E-state index in [1.54, 1.807) is 19.1 Å². The summed E-state index contributed by atoms with van der Waals surface area (Å²) >= 11 is 6.54. The number of nitrogens with two attached hydrogens (primary N) is 1. The number of anilines is 2. The highest BCUT2D eigenvalue weighted by Gasteiger charge is 2.45. The molecule has 3 aliphatic rings. The van der Waals surface area contributed by atoms with E-state index in [2.05, 4.69) is 5.32 Å². The van der Waals surface area contributed by atoms with Crippen LogP contribution in [0.4, 0.5) is 20.6 Å². The molecule has 2 aromatic carbocycles. The SMILES string of the molecule is COc1cc2cc(c1Cl)N(C)C(=O)CCC1OC1CC1C[C@](O)(C/C=C/C=C(\C)C2)NC(=O)O1.C[C@@H](C(=O)O)N(C)C(=O)c1ccc(N)cc1F. The summed E-state index contributed by atoms with van der Waals surface area (Å²) in [5.41, 5.74) is 6.61. The molecule has 3 heterocycles. The number of fused-ring (bicyclic) bond motifs is 5. The van der Waals surface area contributed by atoms with Crippen LogP contribution in [0.15, 0.2) is 54.1 Å². The fourth-order valence-corrected chi connectivity index (χ4v) is 6.13. The predicted octanol–water partition coefficient (Wildman–Crippen LogP) is 4.84. The molecule has 2 fully saturated rings. The number of amides is 3. The average molecular weight is 731 g/mol. The summed E-state index contributed by atoms with van der Waals surface area (Å²) in [6.07, 6.45) is 6.86. The molecule has 5 N–H and O–H groups in total. The number of likely N-dealkylation sites (N-methyl/N-ethyl adjacent to an activating group) is 1. The molecule has 13 nitrogen and oxygen atoms in total. The summed E-state index contributed by atoms with van der Waals surface area (Å²) in [7, 11) is 4.57. The molecule has 0 radical (unpaired) electrons. The largest absolute Gasteiger partial charge is 0.495 e. The third kappa shape index (κ3) is 10.2. The molecule has 276 valence electrons. The first-order chi connectivity index (χ1) is 24.0. The number of carbonyl (C=O) groups is 4. The zero-order valence-electron chi connectivity index (χ0n) is 29.2. The first-order valence-electron chi connectivity index (χ1n) is 16.4. The molecule has 5 atom stereocenters. The Labute approximate surface area is 300 Å². The Balaban J connectivity index is 0.000000289.